The number of hydrogen-bond acceptors (Lipinski definition) is 5. The third-order valence-corrected chi connectivity index (χ3v) is 5.79. The molecule has 0 aromatic heterocycles. The van der Waals surface area contributed by atoms with E-state index < -0.39 is 13.9 Å². The first kappa shape index (κ1) is 30.6. The molecule has 1 N–H and O–H groups in total. The Morgan fingerprint density at radius 3 is 1.85 bits per heavy atom. The van der Waals surface area contributed by atoms with Gasteiger partial charge in [-0.15, -0.1) is 11.6 Å². The molecule has 3 atom stereocenters. The molecule has 8 heteroatoms. The molecule has 5 nitrogen and oxygen atoms in total. The van der Waals surface area contributed by atoms with Crippen molar-refractivity contribution in [2.75, 3.05) is 19.1 Å². The van der Waals surface area contributed by atoms with E-state index in [0.29, 0.717) is 0 Å². The van der Waals surface area contributed by atoms with Crippen LogP contribution >= 0.6 is 19.4 Å². The zero-order chi connectivity index (χ0) is 19.7. The summed E-state index contributed by atoms with van der Waals surface area (Å²) in [7, 11) is -4.38. The monoisotopic (exact) mass is 436 g/mol. The van der Waals surface area contributed by atoms with Crippen LogP contribution in [0.5, 0.6) is 0 Å². The molecule has 3 unspecified atom stereocenters. The van der Waals surface area contributed by atoms with Gasteiger partial charge in [0, 0.05) is 0 Å². The zero-order valence-corrected chi connectivity index (χ0v) is 21.3. The number of aliphatic hydroxyl groups is 1. The summed E-state index contributed by atoms with van der Waals surface area (Å²) in [5.41, 5.74) is 0. The van der Waals surface area contributed by atoms with Gasteiger partial charge in [-0.2, -0.15) is 0 Å². The van der Waals surface area contributed by atoms with Crippen molar-refractivity contribution in [2.24, 2.45) is 5.92 Å². The van der Waals surface area contributed by atoms with Crippen molar-refractivity contribution in [2.45, 2.75) is 97.0 Å². The van der Waals surface area contributed by atoms with Crippen LogP contribution in [0.3, 0.4) is 0 Å². The maximum atomic E-state index is 11.8. The van der Waals surface area contributed by atoms with Crippen LogP contribution in [0.15, 0.2) is 0 Å². The molecule has 0 fully saturated rings. The summed E-state index contributed by atoms with van der Waals surface area (Å²) < 4.78 is 21.6. The van der Waals surface area contributed by atoms with Crippen LogP contribution in [0.4, 0.5) is 0 Å². The number of rotatable bonds is 19. The standard InChI is InChI=1S/C19H40ClO5P.Na/c1-3-5-7-9-10-12-14-18(13-11-8-6-4-2)16-24-26(22,23)25-17-19(21)15-20;/h18-19,21H,3-17H2,1-2H3,(H,22,23);/q;+1/p-1. The number of unbranched alkanes of at least 4 members (excludes halogenated alkanes) is 8. The smallest absolute Gasteiger partial charge is 0.756 e. The van der Waals surface area contributed by atoms with E-state index in [1.807, 2.05) is 0 Å². The van der Waals surface area contributed by atoms with Gasteiger partial charge < -0.3 is 19.0 Å². The van der Waals surface area contributed by atoms with Crippen molar-refractivity contribution in [1.29, 1.82) is 0 Å². The summed E-state index contributed by atoms with van der Waals surface area (Å²) in [6.07, 6.45) is 13.0. The van der Waals surface area contributed by atoms with Gasteiger partial charge in [0.15, 0.2) is 0 Å². The second kappa shape index (κ2) is 20.6. The Kier molecular flexibility index (Phi) is 23.3. The van der Waals surface area contributed by atoms with Gasteiger partial charge in [-0.1, -0.05) is 78.1 Å². The quantitative estimate of drug-likeness (QED) is 0.146. The van der Waals surface area contributed by atoms with E-state index in [4.69, 9.17) is 16.1 Å². The molecule has 0 bridgehead atoms. The van der Waals surface area contributed by atoms with Crippen molar-refractivity contribution in [3.05, 3.63) is 0 Å². The van der Waals surface area contributed by atoms with Crippen molar-refractivity contribution >= 4 is 19.4 Å². The summed E-state index contributed by atoms with van der Waals surface area (Å²) in [4.78, 5) is 11.8. The van der Waals surface area contributed by atoms with Crippen LogP contribution in [-0.4, -0.2) is 30.3 Å². The Labute approximate surface area is 193 Å². The molecule has 0 aliphatic heterocycles. The largest absolute Gasteiger partial charge is 1.00 e. The maximum Gasteiger partial charge on any atom is 1.00 e. The van der Waals surface area contributed by atoms with E-state index in [2.05, 4.69) is 18.4 Å². The van der Waals surface area contributed by atoms with Gasteiger partial charge in [-0.05, 0) is 18.8 Å². The third kappa shape index (κ3) is 20.4. The second-order valence-corrected chi connectivity index (χ2v) is 8.84. The summed E-state index contributed by atoms with van der Waals surface area (Å²) in [5, 5.41) is 9.30. The predicted molar refractivity (Wildman–Crippen MR) is 106 cm³/mol. The molecule has 27 heavy (non-hydrogen) atoms. The molecular formula is C19H39ClNaO5P. The van der Waals surface area contributed by atoms with Crippen LogP contribution in [0.1, 0.15) is 90.9 Å². The van der Waals surface area contributed by atoms with E-state index in [9.17, 15) is 14.6 Å². The molecule has 158 valence electrons. The molecule has 0 aliphatic carbocycles. The first-order valence-corrected chi connectivity index (χ1v) is 12.3. The SMILES string of the molecule is CCCCCCCCC(CCCCCC)COP(=O)([O-])OCC(O)CCl.[Na+]. The summed E-state index contributed by atoms with van der Waals surface area (Å²) in [5.74, 6) is 0.166. The fraction of sp³-hybridized carbons (Fsp3) is 1.00. The summed E-state index contributed by atoms with van der Waals surface area (Å²) >= 11 is 5.43. The molecule has 0 heterocycles. The number of phosphoric acid groups is 1. The van der Waals surface area contributed by atoms with Crippen molar-refractivity contribution in [3.8, 4) is 0 Å². The van der Waals surface area contributed by atoms with E-state index >= 15 is 0 Å². The van der Waals surface area contributed by atoms with Gasteiger partial charge >= 0.3 is 29.6 Å². The first-order chi connectivity index (χ1) is 12.4. The van der Waals surface area contributed by atoms with E-state index in [-0.39, 0.29) is 54.6 Å². The fourth-order valence-electron chi connectivity index (χ4n) is 2.84. The number of aliphatic hydroxyl groups excluding tert-OH is 1. The van der Waals surface area contributed by atoms with E-state index in [0.717, 1.165) is 25.7 Å². The molecule has 0 saturated carbocycles. The molecule has 0 spiro atoms. The number of hydrogen-bond donors (Lipinski definition) is 1. The molecule has 0 rings (SSSR count). The Morgan fingerprint density at radius 1 is 0.889 bits per heavy atom. The number of halogens is 1. The first-order valence-electron chi connectivity index (χ1n) is 10.3. The molecular weight excluding hydrogens is 398 g/mol. The van der Waals surface area contributed by atoms with Crippen LogP contribution in [0.2, 0.25) is 0 Å². The van der Waals surface area contributed by atoms with Gasteiger partial charge in [-0.3, -0.25) is 4.57 Å². The van der Waals surface area contributed by atoms with Crippen molar-refractivity contribution in [3.63, 3.8) is 0 Å². The van der Waals surface area contributed by atoms with E-state index in [1.54, 1.807) is 0 Å². The normalized spacial score (nSPS) is 15.7. The minimum Gasteiger partial charge on any atom is -0.756 e. The molecule has 0 aromatic rings. The maximum absolute atomic E-state index is 11.8. The Bertz CT molecular complexity index is 363. The average molecular weight is 437 g/mol. The minimum absolute atomic E-state index is 0. The van der Waals surface area contributed by atoms with Crippen LogP contribution in [-0.2, 0) is 13.6 Å². The van der Waals surface area contributed by atoms with Crippen LogP contribution in [0, 0.1) is 5.92 Å². The van der Waals surface area contributed by atoms with Gasteiger partial charge in [0.2, 0.25) is 0 Å². The van der Waals surface area contributed by atoms with Gasteiger partial charge in [0.25, 0.3) is 7.82 Å². The van der Waals surface area contributed by atoms with Crippen LogP contribution < -0.4 is 34.5 Å². The number of phosphoric ester groups is 1. The molecule has 0 aromatic carbocycles. The summed E-state index contributed by atoms with van der Waals surface area (Å²) in [6.45, 7) is 4.19. The third-order valence-electron chi connectivity index (χ3n) is 4.50. The number of alkyl halides is 1. The second-order valence-electron chi connectivity index (χ2n) is 7.12. The van der Waals surface area contributed by atoms with Crippen LogP contribution in [0.25, 0.3) is 0 Å². The topological polar surface area (TPSA) is 78.8 Å². The van der Waals surface area contributed by atoms with Gasteiger partial charge in [0.1, 0.15) is 0 Å². The molecule has 0 radical (unpaired) electrons. The molecule has 0 saturated heterocycles. The van der Waals surface area contributed by atoms with Crippen molar-refractivity contribution < 1.29 is 53.2 Å². The fourth-order valence-corrected chi connectivity index (χ4v) is 3.75. The predicted octanol–water partition coefficient (Wildman–Crippen LogP) is 2.43. The average Bonchev–Trinajstić information content (AvgIpc) is 2.63. The molecule has 0 aliphatic rings. The Morgan fingerprint density at radius 2 is 1.33 bits per heavy atom. The van der Waals surface area contributed by atoms with Gasteiger partial charge in [0.05, 0.1) is 25.2 Å². The zero-order valence-electron chi connectivity index (χ0n) is 17.7. The van der Waals surface area contributed by atoms with E-state index in [1.165, 1.54) is 51.4 Å². The van der Waals surface area contributed by atoms with Crippen molar-refractivity contribution in [1.82, 2.24) is 0 Å². The molecule has 0 amide bonds. The Balaban J connectivity index is 0. The van der Waals surface area contributed by atoms with Gasteiger partial charge in [-0.25, -0.2) is 0 Å². The minimum atomic E-state index is -4.38. The summed E-state index contributed by atoms with van der Waals surface area (Å²) in [6, 6.07) is 0. The Hall–Kier alpha value is 1.36.